The molecule has 0 saturated carbocycles. The molecule has 0 aliphatic carbocycles. The summed E-state index contributed by atoms with van der Waals surface area (Å²) in [6.07, 6.45) is -3.89. The summed E-state index contributed by atoms with van der Waals surface area (Å²) in [6, 6.07) is 0. The third-order valence-corrected chi connectivity index (χ3v) is 2.22. The van der Waals surface area contributed by atoms with Gasteiger partial charge in [0, 0.05) is 0 Å². The van der Waals surface area contributed by atoms with Crippen LogP contribution in [0.25, 0.3) is 0 Å². The summed E-state index contributed by atoms with van der Waals surface area (Å²) >= 11 is 0. The zero-order valence-corrected chi connectivity index (χ0v) is 6.91. The summed E-state index contributed by atoms with van der Waals surface area (Å²) in [4.78, 5) is 0. The molecule has 1 aliphatic heterocycles. The van der Waals surface area contributed by atoms with E-state index in [9.17, 15) is 13.2 Å². The Kier molecular flexibility index (Phi) is 2.95. The predicted molar refractivity (Wildman–Crippen MR) is 39.6 cm³/mol. The van der Waals surface area contributed by atoms with E-state index in [1.165, 1.54) is 0 Å². The molecule has 72 valence electrons. The second-order valence-electron chi connectivity index (χ2n) is 3.06. The molecule has 2 atom stereocenters. The average Bonchev–Trinajstić information content (AvgIpc) is 2.03. The minimum Gasteiger partial charge on any atom is -0.305 e. The van der Waals surface area contributed by atoms with E-state index in [1.54, 1.807) is 7.05 Å². The van der Waals surface area contributed by atoms with Gasteiger partial charge in [0.25, 0.3) is 0 Å². The van der Waals surface area contributed by atoms with Crippen molar-refractivity contribution in [1.29, 1.82) is 0 Å². The molecule has 2 nitrogen and oxygen atoms in total. The maximum Gasteiger partial charge on any atom is 0.391 e. The van der Waals surface area contributed by atoms with Crippen LogP contribution in [0.2, 0.25) is 0 Å². The highest BCUT2D eigenvalue weighted by Crippen LogP contribution is 2.33. The molecule has 2 N–H and O–H groups in total. The highest BCUT2D eigenvalue weighted by molar-refractivity contribution is 4.79. The smallest absolute Gasteiger partial charge is 0.305 e. The molecule has 0 aromatic rings. The molecule has 1 aliphatic rings. The van der Waals surface area contributed by atoms with Crippen LogP contribution in [0.5, 0.6) is 0 Å². The zero-order chi connectivity index (χ0) is 9.19. The fourth-order valence-corrected chi connectivity index (χ4v) is 1.43. The second kappa shape index (κ2) is 3.62. The van der Waals surface area contributed by atoms with E-state index < -0.39 is 12.1 Å². The van der Waals surface area contributed by atoms with Gasteiger partial charge in [-0.1, -0.05) is 0 Å². The monoisotopic (exact) mass is 182 g/mol. The molecule has 0 radical (unpaired) electrons. The topological polar surface area (TPSA) is 24.1 Å². The molecule has 12 heavy (non-hydrogen) atoms. The Balaban J connectivity index is 2.46. The summed E-state index contributed by atoms with van der Waals surface area (Å²) in [5.41, 5.74) is 0. The van der Waals surface area contributed by atoms with Crippen LogP contribution in [-0.4, -0.2) is 25.9 Å². The van der Waals surface area contributed by atoms with Gasteiger partial charge in [-0.15, -0.1) is 0 Å². The molecular weight excluding hydrogens is 169 g/mol. The average molecular weight is 182 g/mol. The molecule has 1 fully saturated rings. The zero-order valence-electron chi connectivity index (χ0n) is 6.91. The number of hydrogen-bond acceptors (Lipinski definition) is 2. The van der Waals surface area contributed by atoms with Gasteiger partial charge in [-0.2, -0.15) is 13.2 Å². The number of hydrogen-bond donors (Lipinski definition) is 2. The van der Waals surface area contributed by atoms with Crippen molar-refractivity contribution in [1.82, 2.24) is 10.6 Å². The minimum atomic E-state index is -4.03. The van der Waals surface area contributed by atoms with Crippen LogP contribution in [-0.2, 0) is 0 Å². The fraction of sp³-hybridized carbons (Fsp3) is 1.00. The molecule has 1 saturated heterocycles. The van der Waals surface area contributed by atoms with Crippen LogP contribution in [0.3, 0.4) is 0 Å². The molecule has 1 rings (SSSR count). The van der Waals surface area contributed by atoms with Gasteiger partial charge in [-0.05, 0) is 26.4 Å². The Labute approximate surface area is 69.5 Å². The lowest BCUT2D eigenvalue weighted by Gasteiger charge is -2.31. The molecule has 0 amide bonds. The number of halogens is 3. The highest BCUT2D eigenvalue weighted by atomic mass is 19.4. The van der Waals surface area contributed by atoms with Gasteiger partial charge in [0.05, 0.1) is 12.1 Å². The number of rotatable bonds is 1. The van der Waals surface area contributed by atoms with Gasteiger partial charge in [0.15, 0.2) is 0 Å². The van der Waals surface area contributed by atoms with Gasteiger partial charge in [0.2, 0.25) is 0 Å². The second-order valence-corrected chi connectivity index (χ2v) is 3.06. The maximum absolute atomic E-state index is 12.2. The summed E-state index contributed by atoms with van der Waals surface area (Å²) in [6.45, 7) is 0.440. The quantitative estimate of drug-likeness (QED) is 0.634. The van der Waals surface area contributed by atoms with E-state index in [0.29, 0.717) is 6.54 Å². The summed E-state index contributed by atoms with van der Waals surface area (Å²) in [7, 11) is 1.66. The first-order valence-corrected chi connectivity index (χ1v) is 4.01. The largest absolute Gasteiger partial charge is 0.391 e. The van der Waals surface area contributed by atoms with Crippen molar-refractivity contribution < 1.29 is 13.2 Å². The van der Waals surface area contributed by atoms with Gasteiger partial charge >= 0.3 is 6.18 Å². The Morgan fingerprint density at radius 1 is 1.42 bits per heavy atom. The summed E-state index contributed by atoms with van der Waals surface area (Å²) in [5, 5.41) is 5.75. The lowest BCUT2D eigenvalue weighted by molar-refractivity contribution is -0.183. The first-order chi connectivity index (χ1) is 5.54. The van der Waals surface area contributed by atoms with Crippen molar-refractivity contribution in [2.24, 2.45) is 5.92 Å². The molecule has 2 unspecified atom stereocenters. The van der Waals surface area contributed by atoms with Gasteiger partial charge in [0.1, 0.15) is 0 Å². The van der Waals surface area contributed by atoms with E-state index in [4.69, 9.17) is 0 Å². The Morgan fingerprint density at radius 2 is 2.08 bits per heavy atom. The van der Waals surface area contributed by atoms with Crippen molar-refractivity contribution >= 4 is 0 Å². The molecule has 0 aromatic carbocycles. The van der Waals surface area contributed by atoms with Gasteiger partial charge in [-0.25, -0.2) is 0 Å². The first-order valence-electron chi connectivity index (χ1n) is 4.01. The lowest BCUT2D eigenvalue weighted by Crippen LogP contribution is -2.49. The van der Waals surface area contributed by atoms with Crippen molar-refractivity contribution in [3.05, 3.63) is 0 Å². The third-order valence-electron chi connectivity index (χ3n) is 2.22. The first kappa shape index (κ1) is 9.80. The van der Waals surface area contributed by atoms with E-state index in [0.717, 1.165) is 0 Å². The predicted octanol–water partition coefficient (Wildman–Crippen LogP) is 1.09. The van der Waals surface area contributed by atoms with E-state index in [1.807, 2.05) is 0 Å². The lowest BCUT2D eigenvalue weighted by atomic mass is 9.95. The SMILES string of the molecule is CNC1CC(C(F)(F)F)CCN1. The number of piperidine rings is 1. The Bertz CT molecular complexity index is 146. The summed E-state index contributed by atoms with van der Waals surface area (Å²) in [5.74, 6) is -1.14. The van der Waals surface area contributed by atoms with Crippen LogP contribution in [0, 0.1) is 5.92 Å². The van der Waals surface area contributed by atoms with E-state index in [2.05, 4.69) is 10.6 Å². The van der Waals surface area contributed by atoms with Gasteiger partial charge in [-0.3, -0.25) is 0 Å². The van der Waals surface area contributed by atoms with Crippen LogP contribution >= 0.6 is 0 Å². The van der Waals surface area contributed by atoms with Crippen molar-refractivity contribution in [2.75, 3.05) is 13.6 Å². The molecule has 0 spiro atoms. The number of alkyl halides is 3. The Hall–Kier alpha value is -0.290. The van der Waals surface area contributed by atoms with Crippen molar-refractivity contribution in [3.8, 4) is 0 Å². The Morgan fingerprint density at radius 3 is 2.58 bits per heavy atom. The van der Waals surface area contributed by atoms with Crippen LogP contribution in [0.1, 0.15) is 12.8 Å². The highest BCUT2D eigenvalue weighted by Gasteiger charge is 2.41. The molecular formula is C7H13F3N2. The van der Waals surface area contributed by atoms with E-state index >= 15 is 0 Å². The van der Waals surface area contributed by atoms with E-state index in [-0.39, 0.29) is 19.0 Å². The molecule has 1 heterocycles. The van der Waals surface area contributed by atoms with Crippen LogP contribution in [0.4, 0.5) is 13.2 Å². The maximum atomic E-state index is 12.2. The molecule has 0 aromatic heterocycles. The minimum absolute atomic E-state index is 0.139. The standard InChI is InChI=1S/C7H13F3N2/c1-11-6-4-5(2-3-12-6)7(8,9)10/h5-6,11-12H,2-4H2,1H3. The number of nitrogens with one attached hydrogen (secondary N) is 2. The normalized spacial score (nSPS) is 32.0. The van der Waals surface area contributed by atoms with Crippen molar-refractivity contribution in [2.45, 2.75) is 25.2 Å². The van der Waals surface area contributed by atoms with Crippen LogP contribution in [0.15, 0.2) is 0 Å². The van der Waals surface area contributed by atoms with Gasteiger partial charge < -0.3 is 10.6 Å². The third kappa shape index (κ3) is 2.35. The van der Waals surface area contributed by atoms with Crippen LogP contribution < -0.4 is 10.6 Å². The summed E-state index contributed by atoms with van der Waals surface area (Å²) < 4.78 is 36.6. The molecule has 0 bridgehead atoms. The fourth-order valence-electron chi connectivity index (χ4n) is 1.43. The van der Waals surface area contributed by atoms with Crippen molar-refractivity contribution in [3.63, 3.8) is 0 Å². The molecule has 5 heteroatoms.